The summed E-state index contributed by atoms with van der Waals surface area (Å²) in [6, 6.07) is 15.2. The predicted octanol–water partition coefficient (Wildman–Crippen LogP) is 4.07. The highest BCUT2D eigenvalue weighted by Gasteiger charge is 2.21. The van der Waals surface area contributed by atoms with Gasteiger partial charge in [-0.25, -0.2) is 4.68 Å². The van der Waals surface area contributed by atoms with Gasteiger partial charge in [-0.05, 0) is 55.7 Å². The van der Waals surface area contributed by atoms with E-state index in [9.17, 15) is 9.59 Å². The van der Waals surface area contributed by atoms with E-state index in [2.05, 4.69) is 10.4 Å². The van der Waals surface area contributed by atoms with E-state index in [1.807, 2.05) is 60.5 Å². The molecule has 1 saturated heterocycles. The molecule has 0 spiro atoms. The fourth-order valence-electron chi connectivity index (χ4n) is 3.58. The van der Waals surface area contributed by atoms with Crippen LogP contribution < -0.4 is 5.32 Å². The number of carbonyl (C=O) groups excluding carboxylic acids is 2. The van der Waals surface area contributed by atoms with E-state index in [-0.39, 0.29) is 11.8 Å². The molecular formula is C24H24N4O2. The summed E-state index contributed by atoms with van der Waals surface area (Å²) in [6.45, 7) is 3.47. The molecule has 6 heteroatoms. The Hall–Kier alpha value is -3.67. The summed E-state index contributed by atoms with van der Waals surface area (Å²) < 4.78 is 1.76. The van der Waals surface area contributed by atoms with Gasteiger partial charge >= 0.3 is 0 Å². The van der Waals surface area contributed by atoms with Crippen molar-refractivity contribution in [3.63, 3.8) is 0 Å². The fourth-order valence-corrected chi connectivity index (χ4v) is 3.58. The van der Waals surface area contributed by atoms with E-state index < -0.39 is 0 Å². The minimum atomic E-state index is -0.253. The van der Waals surface area contributed by atoms with Crippen molar-refractivity contribution in [2.24, 2.45) is 0 Å². The first-order valence-electron chi connectivity index (χ1n) is 10.1. The SMILES string of the molecule is Cc1c(NC(=O)/C=C/c2cnn(-c3ccccc3)c2)cccc1C(=O)N1CCCC1. The first kappa shape index (κ1) is 19.6. The van der Waals surface area contributed by atoms with Crippen molar-refractivity contribution in [1.29, 1.82) is 0 Å². The smallest absolute Gasteiger partial charge is 0.254 e. The highest BCUT2D eigenvalue weighted by molar-refractivity contribution is 6.04. The maximum absolute atomic E-state index is 12.7. The quantitative estimate of drug-likeness (QED) is 0.657. The number of anilines is 1. The van der Waals surface area contributed by atoms with Crippen LogP contribution in [0.1, 0.15) is 34.3 Å². The molecule has 1 aliphatic rings. The van der Waals surface area contributed by atoms with Gasteiger partial charge in [-0.1, -0.05) is 24.3 Å². The third kappa shape index (κ3) is 4.33. The molecule has 0 bridgehead atoms. The second-order valence-electron chi connectivity index (χ2n) is 7.35. The van der Waals surface area contributed by atoms with Gasteiger partial charge in [-0.2, -0.15) is 5.10 Å². The second-order valence-corrected chi connectivity index (χ2v) is 7.35. The molecule has 0 radical (unpaired) electrons. The van der Waals surface area contributed by atoms with Gasteiger partial charge in [0.2, 0.25) is 5.91 Å². The van der Waals surface area contributed by atoms with Gasteiger partial charge in [-0.3, -0.25) is 9.59 Å². The lowest BCUT2D eigenvalue weighted by molar-refractivity contribution is -0.111. The van der Waals surface area contributed by atoms with Gasteiger partial charge in [0.25, 0.3) is 5.91 Å². The normalized spacial score (nSPS) is 13.7. The Morgan fingerprint density at radius 1 is 1.03 bits per heavy atom. The third-order valence-corrected chi connectivity index (χ3v) is 5.27. The molecule has 2 amide bonds. The molecule has 6 nitrogen and oxygen atoms in total. The Morgan fingerprint density at radius 2 is 1.80 bits per heavy atom. The summed E-state index contributed by atoms with van der Waals surface area (Å²) in [5.74, 6) is -0.221. The molecule has 1 fully saturated rings. The van der Waals surface area contributed by atoms with Crippen LogP contribution in [-0.2, 0) is 4.79 Å². The summed E-state index contributed by atoms with van der Waals surface area (Å²) in [7, 11) is 0. The third-order valence-electron chi connectivity index (χ3n) is 5.27. The maximum atomic E-state index is 12.7. The summed E-state index contributed by atoms with van der Waals surface area (Å²) >= 11 is 0. The largest absolute Gasteiger partial charge is 0.339 e. The van der Waals surface area contributed by atoms with Crippen molar-refractivity contribution < 1.29 is 9.59 Å². The lowest BCUT2D eigenvalue weighted by Crippen LogP contribution is -2.28. The number of para-hydroxylation sites is 1. The first-order chi connectivity index (χ1) is 14.6. The Balaban J connectivity index is 1.43. The number of rotatable bonds is 5. The van der Waals surface area contributed by atoms with Crippen LogP contribution >= 0.6 is 0 Å². The van der Waals surface area contributed by atoms with Gasteiger partial charge in [0, 0.05) is 42.2 Å². The molecule has 152 valence electrons. The van der Waals surface area contributed by atoms with Crippen molar-refractivity contribution in [2.45, 2.75) is 19.8 Å². The number of hydrogen-bond acceptors (Lipinski definition) is 3. The maximum Gasteiger partial charge on any atom is 0.254 e. The van der Waals surface area contributed by atoms with Crippen LogP contribution in [0.15, 0.2) is 67.0 Å². The van der Waals surface area contributed by atoms with Gasteiger partial charge < -0.3 is 10.2 Å². The summed E-state index contributed by atoms with van der Waals surface area (Å²) in [5.41, 5.74) is 3.85. The zero-order valence-electron chi connectivity index (χ0n) is 16.9. The van der Waals surface area contributed by atoms with Crippen LogP contribution in [0.4, 0.5) is 5.69 Å². The van der Waals surface area contributed by atoms with Crippen LogP contribution in [0.2, 0.25) is 0 Å². The van der Waals surface area contributed by atoms with E-state index in [0.29, 0.717) is 11.3 Å². The van der Waals surface area contributed by atoms with Crippen LogP contribution in [-0.4, -0.2) is 39.6 Å². The molecule has 0 unspecified atom stereocenters. The molecule has 4 rings (SSSR count). The molecule has 0 atom stereocenters. The van der Waals surface area contributed by atoms with E-state index >= 15 is 0 Å². The molecule has 2 heterocycles. The second kappa shape index (κ2) is 8.78. The minimum absolute atomic E-state index is 0.0324. The van der Waals surface area contributed by atoms with Crippen LogP contribution in [0, 0.1) is 6.92 Å². The van der Waals surface area contributed by atoms with E-state index in [4.69, 9.17) is 0 Å². The van der Waals surface area contributed by atoms with Crippen molar-refractivity contribution in [2.75, 3.05) is 18.4 Å². The van der Waals surface area contributed by atoms with Gasteiger partial charge in [0.05, 0.1) is 11.9 Å². The number of hydrogen-bond donors (Lipinski definition) is 1. The summed E-state index contributed by atoms with van der Waals surface area (Å²) in [5, 5.41) is 7.20. The van der Waals surface area contributed by atoms with Gasteiger partial charge in [0.1, 0.15) is 0 Å². The number of nitrogens with zero attached hydrogens (tertiary/aromatic N) is 3. The molecule has 1 N–H and O–H groups in total. The Labute approximate surface area is 175 Å². The van der Waals surface area contributed by atoms with E-state index in [1.165, 1.54) is 6.08 Å². The first-order valence-corrected chi connectivity index (χ1v) is 10.1. The summed E-state index contributed by atoms with van der Waals surface area (Å²) in [4.78, 5) is 27.0. The Bertz CT molecular complexity index is 1080. The average Bonchev–Trinajstić information content (AvgIpc) is 3.46. The Morgan fingerprint density at radius 3 is 2.57 bits per heavy atom. The monoisotopic (exact) mass is 400 g/mol. The number of aromatic nitrogens is 2. The number of amides is 2. The van der Waals surface area contributed by atoms with Crippen molar-refractivity contribution in [3.8, 4) is 5.69 Å². The standard InChI is InChI=1S/C24H24N4O2/c1-18-21(24(30)27-14-5-6-15-27)10-7-11-22(18)26-23(29)13-12-19-16-25-28(17-19)20-8-3-2-4-9-20/h2-4,7-13,16-17H,5-6,14-15H2,1H3,(H,26,29)/b13-12+. The molecule has 1 aromatic heterocycles. The highest BCUT2D eigenvalue weighted by atomic mass is 16.2. The van der Waals surface area contributed by atoms with Crippen molar-refractivity contribution in [3.05, 3.63) is 83.7 Å². The van der Waals surface area contributed by atoms with Crippen molar-refractivity contribution >= 4 is 23.6 Å². The average molecular weight is 400 g/mol. The minimum Gasteiger partial charge on any atom is -0.339 e. The summed E-state index contributed by atoms with van der Waals surface area (Å²) in [6.07, 6.45) is 8.86. The lowest BCUT2D eigenvalue weighted by atomic mass is 10.1. The number of benzene rings is 2. The van der Waals surface area contributed by atoms with E-state index in [1.54, 1.807) is 23.0 Å². The number of nitrogens with one attached hydrogen (secondary N) is 1. The van der Waals surface area contributed by atoms with Crippen molar-refractivity contribution in [1.82, 2.24) is 14.7 Å². The molecule has 3 aromatic rings. The highest BCUT2D eigenvalue weighted by Crippen LogP contribution is 2.22. The molecule has 0 saturated carbocycles. The van der Waals surface area contributed by atoms with Crippen LogP contribution in [0.5, 0.6) is 0 Å². The fraction of sp³-hybridized carbons (Fsp3) is 0.208. The van der Waals surface area contributed by atoms with Crippen LogP contribution in [0.3, 0.4) is 0 Å². The molecule has 30 heavy (non-hydrogen) atoms. The van der Waals surface area contributed by atoms with Crippen LogP contribution in [0.25, 0.3) is 11.8 Å². The molecule has 0 aliphatic carbocycles. The molecule has 2 aromatic carbocycles. The molecule has 1 aliphatic heterocycles. The zero-order valence-corrected chi connectivity index (χ0v) is 16.9. The Kier molecular flexibility index (Phi) is 5.75. The number of likely N-dealkylation sites (tertiary alicyclic amines) is 1. The van der Waals surface area contributed by atoms with E-state index in [0.717, 1.165) is 42.7 Å². The number of carbonyl (C=O) groups is 2. The van der Waals surface area contributed by atoms with Gasteiger partial charge in [0.15, 0.2) is 0 Å². The zero-order chi connectivity index (χ0) is 20.9. The molecular weight excluding hydrogens is 376 g/mol. The van der Waals surface area contributed by atoms with Gasteiger partial charge in [-0.15, -0.1) is 0 Å². The lowest BCUT2D eigenvalue weighted by Gasteiger charge is -2.18. The topological polar surface area (TPSA) is 67.2 Å². The predicted molar refractivity (Wildman–Crippen MR) is 118 cm³/mol.